The van der Waals surface area contributed by atoms with Crippen LogP contribution in [0.1, 0.15) is 26.3 Å². The second kappa shape index (κ2) is 7.63. The molecule has 0 saturated carbocycles. The number of thioether (sulfide) groups is 1. The van der Waals surface area contributed by atoms with Crippen molar-refractivity contribution in [3.8, 4) is 0 Å². The van der Waals surface area contributed by atoms with E-state index in [2.05, 4.69) is 57.5 Å². The van der Waals surface area contributed by atoms with Gasteiger partial charge in [0, 0.05) is 10.0 Å². The van der Waals surface area contributed by atoms with E-state index in [1.54, 1.807) is 0 Å². The first kappa shape index (κ1) is 18.2. The lowest BCUT2D eigenvalue weighted by Gasteiger charge is -2.18. The highest BCUT2D eigenvalue weighted by Gasteiger charge is 2.14. The fourth-order valence-electron chi connectivity index (χ4n) is 1.67. The van der Waals surface area contributed by atoms with E-state index in [1.165, 1.54) is 23.1 Å². The minimum absolute atomic E-state index is 0.0590. The molecule has 124 valence electrons. The first-order valence-corrected chi connectivity index (χ1v) is 9.63. The van der Waals surface area contributed by atoms with Gasteiger partial charge in [-0.3, -0.25) is 4.79 Å². The lowest BCUT2D eigenvalue weighted by Crippen LogP contribution is -2.25. The highest BCUT2D eigenvalue weighted by Crippen LogP contribution is 2.28. The maximum Gasteiger partial charge on any atom is 0.234 e. The number of anilines is 2. The average Bonchev–Trinajstić information content (AvgIpc) is 2.85. The van der Waals surface area contributed by atoms with Gasteiger partial charge >= 0.3 is 0 Å². The van der Waals surface area contributed by atoms with Gasteiger partial charge in [-0.25, -0.2) is 0 Å². The van der Waals surface area contributed by atoms with Crippen LogP contribution in [-0.2, 0) is 4.79 Å². The van der Waals surface area contributed by atoms with Crippen molar-refractivity contribution in [2.45, 2.75) is 37.6 Å². The Kier molecular flexibility index (Phi) is 6.05. The molecule has 0 aliphatic rings. The molecular weight excluding hydrogens is 396 g/mol. The molecule has 5 nitrogen and oxygen atoms in total. The van der Waals surface area contributed by atoms with E-state index in [4.69, 9.17) is 0 Å². The summed E-state index contributed by atoms with van der Waals surface area (Å²) in [6.07, 6.45) is 0. The predicted molar refractivity (Wildman–Crippen MR) is 102 cm³/mol. The van der Waals surface area contributed by atoms with E-state index in [1.807, 2.05) is 25.1 Å². The van der Waals surface area contributed by atoms with Crippen LogP contribution < -0.4 is 10.6 Å². The number of carbonyl (C=O) groups excluding carboxylic acids is 1. The van der Waals surface area contributed by atoms with Gasteiger partial charge in [0.25, 0.3) is 0 Å². The average molecular weight is 415 g/mol. The van der Waals surface area contributed by atoms with E-state index in [9.17, 15) is 4.79 Å². The van der Waals surface area contributed by atoms with Gasteiger partial charge < -0.3 is 10.6 Å². The SMILES string of the molecule is Cc1ccc(NC(=O)CSc2nnc(NC(C)(C)C)s2)c(Br)c1. The van der Waals surface area contributed by atoms with Gasteiger partial charge in [-0.15, -0.1) is 10.2 Å². The first-order valence-electron chi connectivity index (χ1n) is 7.03. The number of nitrogens with zero attached hydrogens (tertiary/aromatic N) is 2. The molecule has 2 N–H and O–H groups in total. The van der Waals surface area contributed by atoms with Crippen LogP contribution in [0.3, 0.4) is 0 Å². The number of rotatable bonds is 5. The fraction of sp³-hybridized carbons (Fsp3) is 0.400. The molecule has 2 rings (SSSR count). The quantitative estimate of drug-likeness (QED) is 0.702. The molecule has 1 heterocycles. The van der Waals surface area contributed by atoms with Gasteiger partial charge in [0.2, 0.25) is 11.0 Å². The molecular formula is C15H19BrN4OS2. The topological polar surface area (TPSA) is 66.9 Å². The van der Waals surface area contributed by atoms with Crippen LogP contribution in [0.2, 0.25) is 0 Å². The zero-order chi connectivity index (χ0) is 17.0. The van der Waals surface area contributed by atoms with Crippen LogP contribution in [-0.4, -0.2) is 27.4 Å². The summed E-state index contributed by atoms with van der Waals surface area (Å²) < 4.78 is 1.65. The third kappa shape index (κ3) is 6.12. The monoisotopic (exact) mass is 414 g/mol. The summed E-state index contributed by atoms with van der Waals surface area (Å²) in [5.74, 6) is 0.227. The number of aromatic nitrogens is 2. The number of nitrogens with one attached hydrogen (secondary N) is 2. The maximum absolute atomic E-state index is 12.0. The van der Waals surface area contributed by atoms with Crippen LogP contribution >= 0.6 is 39.0 Å². The number of amides is 1. The zero-order valence-electron chi connectivity index (χ0n) is 13.4. The summed E-state index contributed by atoms with van der Waals surface area (Å²) in [5, 5.41) is 15.1. The molecule has 0 aliphatic carbocycles. The van der Waals surface area contributed by atoms with Crippen molar-refractivity contribution in [3.63, 3.8) is 0 Å². The molecule has 0 radical (unpaired) electrons. The molecule has 0 atom stereocenters. The minimum atomic E-state index is -0.0694. The molecule has 0 unspecified atom stereocenters. The van der Waals surface area contributed by atoms with Crippen molar-refractivity contribution < 1.29 is 4.79 Å². The normalized spacial score (nSPS) is 11.3. The Morgan fingerprint density at radius 3 is 2.74 bits per heavy atom. The Labute approximate surface area is 152 Å². The Bertz CT molecular complexity index is 697. The lowest BCUT2D eigenvalue weighted by molar-refractivity contribution is -0.113. The highest BCUT2D eigenvalue weighted by molar-refractivity contribution is 9.10. The van der Waals surface area contributed by atoms with Crippen LogP contribution in [0, 0.1) is 6.92 Å². The van der Waals surface area contributed by atoms with E-state index in [0.717, 1.165) is 25.2 Å². The van der Waals surface area contributed by atoms with Crippen LogP contribution in [0.5, 0.6) is 0 Å². The van der Waals surface area contributed by atoms with Crippen LogP contribution in [0.25, 0.3) is 0 Å². The number of benzene rings is 1. The van der Waals surface area contributed by atoms with Gasteiger partial charge in [0.1, 0.15) is 0 Å². The Balaban J connectivity index is 1.87. The standard InChI is InChI=1S/C15H19BrN4OS2/c1-9-5-6-11(10(16)7-9)17-12(21)8-22-14-20-19-13(23-14)18-15(2,3)4/h5-7H,8H2,1-4H3,(H,17,21)(H,18,19). The van der Waals surface area contributed by atoms with Gasteiger partial charge in [-0.2, -0.15) is 0 Å². The summed E-state index contributed by atoms with van der Waals surface area (Å²) in [6, 6.07) is 5.82. The van der Waals surface area contributed by atoms with Gasteiger partial charge in [-0.05, 0) is 61.3 Å². The zero-order valence-corrected chi connectivity index (χ0v) is 16.7. The van der Waals surface area contributed by atoms with Crippen molar-refractivity contribution in [2.75, 3.05) is 16.4 Å². The van der Waals surface area contributed by atoms with Crippen LogP contribution in [0.15, 0.2) is 27.0 Å². The molecule has 0 aliphatic heterocycles. The summed E-state index contributed by atoms with van der Waals surface area (Å²) in [4.78, 5) is 12.0. The molecule has 0 bridgehead atoms. The lowest BCUT2D eigenvalue weighted by atomic mass is 10.1. The van der Waals surface area contributed by atoms with Gasteiger partial charge in [0.05, 0.1) is 11.4 Å². The summed E-state index contributed by atoms with van der Waals surface area (Å²) >= 11 is 6.29. The highest BCUT2D eigenvalue weighted by atomic mass is 79.9. The molecule has 0 saturated heterocycles. The summed E-state index contributed by atoms with van der Waals surface area (Å²) in [5.41, 5.74) is 1.85. The molecule has 0 fully saturated rings. The Morgan fingerprint density at radius 2 is 2.09 bits per heavy atom. The van der Waals surface area contributed by atoms with Crippen molar-refractivity contribution in [2.24, 2.45) is 0 Å². The maximum atomic E-state index is 12.0. The van der Waals surface area contributed by atoms with Crippen molar-refractivity contribution in [1.29, 1.82) is 0 Å². The number of aryl methyl sites for hydroxylation is 1. The number of carbonyl (C=O) groups is 1. The Hall–Kier alpha value is -1.12. The molecule has 1 amide bonds. The summed E-state index contributed by atoms with van der Waals surface area (Å²) in [7, 11) is 0. The minimum Gasteiger partial charge on any atom is -0.355 e. The second-order valence-electron chi connectivity index (χ2n) is 6.07. The van der Waals surface area contributed by atoms with Gasteiger partial charge in [0.15, 0.2) is 4.34 Å². The van der Waals surface area contributed by atoms with E-state index in [-0.39, 0.29) is 11.4 Å². The third-order valence-electron chi connectivity index (χ3n) is 2.61. The van der Waals surface area contributed by atoms with Crippen molar-refractivity contribution in [3.05, 3.63) is 28.2 Å². The van der Waals surface area contributed by atoms with E-state index >= 15 is 0 Å². The third-order valence-corrected chi connectivity index (χ3v) is 5.24. The predicted octanol–water partition coefficient (Wildman–Crippen LogP) is 4.55. The molecule has 1 aromatic carbocycles. The number of hydrogen-bond acceptors (Lipinski definition) is 6. The molecule has 0 spiro atoms. The second-order valence-corrected chi connectivity index (χ2v) is 9.12. The molecule has 1 aromatic heterocycles. The number of halogens is 1. The largest absolute Gasteiger partial charge is 0.355 e. The van der Waals surface area contributed by atoms with E-state index < -0.39 is 0 Å². The van der Waals surface area contributed by atoms with Gasteiger partial charge in [-0.1, -0.05) is 29.2 Å². The van der Waals surface area contributed by atoms with Crippen molar-refractivity contribution in [1.82, 2.24) is 10.2 Å². The number of hydrogen-bond donors (Lipinski definition) is 2. The molecule has 8 heteroatoms. The summed E-state index contributed by atoms with van der Waals surface area (Å²) in [6.45, 7) is 8.20. The van der Waals surface area contributed by atoms with Crippen molar-refractivity contribution >= 4 is 55.8 Å². The molecule has 23 heavy (non-hydrogen) atoms. The molecule has 2 aromatic rings. The van der Waals surface area contributed by atoms with Crippen LogP contribution in [0.4, 0.5) is 10.8 Å². The fourth-order valence-corrected chi connectivity index (χ4v) is 4.03. The first-order chi connectivity index (χ1) is 10.7. The Morgan fingerprint density at radius 1 is 1.35 bits per heavy atom. The van der Waals surface area contributed by atoms with E-state index in [0.29, 0.717) is 5.75 Å². The smallest absolute Gasteiger partial charge is 0.234 e.